The van der Waals surface area contributed by atoms with E-state index in [0.717, 1.165) is 12.8 Å². The van der Waals surface area contributed by atoms with E-state index in [9.17, 15) is 9.46 Å². The smallest absolute Gasteiger partial charge is 0.201 e. The van der Waals surface area contributed by atoms with Crippen LogP contribution < -0.4 is 0 Å². The topological polar surface area (TPSA) is 57.5 Å². The molecule has 0 saturated heterocycles. The lowest BCUT2D eigenvalue weighted by Gasteiger charge is -2.23. The minimum atomic E-state index is -2.94. The molecule has 0 aromatic rings. The molecule has 0 radical (unpaired) electrons. The first-order valence-corrected chi connectivity index (χ1v) is 7.59. The van der Waals surface area contributed by atoms with Crippen molar-refractivity contribution in [2.24, 2.45) is 5.92 Å². The largest absolute Gasteiger partial charge is 0.396 e. The molecule has 84 valence electrons. The normalized spacial score (nSPS) is 23.3. The van der Waals surface area contributed by atoms with Gasteiger partial charge < -0.3 is 10.00 Å². The molecule has 0 amide bonds. The van der Waals surface area contributed by atoms with Gasteiger partial charge >= 0.3 is 0 Å². The Kier molecular flexibility index (Phi) is 5.14. The van der Waals surface area contributed by atoms with Gasteiger partial charge in [0.05, 0.1) is 0 Å². The van der Waals surface area contributed by atoms with Gasteiger partial charge in [-0.05, 0) is 25.2 Å². The van der Waals surface area contributed by atoms with E-state index in [1.165, 1.54) is 19.3 Å². The van der Waals surface area contributed by atoms with Gasteiger partial charge in [-0.2, -0.15) is 0 Å². The van der Waals surface area contributed by atoms with Gasteiger partial charge in [-0.25, -0.2) is 0 Å². The molecule has 1 fully saturated rings. The molecule has 14 heavy (non-hydrogen) atoms. The van der Waals surface area contributed by atoms with Crippen molar-refractivity contribution in [2.45, 2.75) is 38.5 Å². The molecular weight excluding hydrogens is 199 g/mol. The molecule has 1 atom stereocenters. The van der Waals surface area contributed by atoms with Crippen LogP contribution in [0.1, 0.15) is 38.5 Å². The summed E-state index contributed by atoms with van der Waals surface area (Å²) < 4.78 is 11.7. The lowest BCUT2D eigenvalue weighted by Crippen LogP contribution is -2.12. The van der Waals surface area contributed by atoms with Crippen LogP contribution in [0.2, 0.25) is 0 Å². The van der Waals surface area contributed by atoms with E-state index >= 15 is 0 Å². The van der Waals surface area contributed by atoms with E-state index in [0.29, 0.717) is 24.7 Å². The number of hydrogen-bond donors (Lipinski definition) is 2. The lowest BCUT2D eigenvalue weighted by atomic mass is 9.91. The Morgan fingerprint density at radius 1 is 1.21 bits per heavy atom. The van der Waals surface area contributed by atoms with Crippen molar-refractivity contribution in [3.8, 4) is 0 Å². The Hall–Kier alpha value is 0.150. The Balaban J connectivity index is 2.29. The predicted octanol–water partition coefficient (Wildman–Crippen LogP) is 2.22. The Morgan fingerprint density at radius 2 is 1.86 bits per heavy atom. The van der Waals surface area contributed by atoms with Crippen LogP contribution in [0.3, 0.4) is 0 Å². The average molecular weight is 220 g/mol. The van der Waals surface area contributed by atoms with Crippen molar-refractivity contribution in [2.75, 3.05) is 18.9 Å². The van der Waals surface area contributed by atoms with E-state index in [4.69, 9.17) is 5.11 Å². The molecule has 1 rings (SSSR count). The minimum absolute atomic E-state index is 0.0230. The van der Waals surface area contributed by atoms with Crippen LogP contribution in [0.4, 0.5) is 0 Å². The van der Waals surface area contributed by atoms with Crippen molar-refractivity contribution >= 4 is 7.37 Å². The molecule has 0 heterocycles. The van der Waals surface area contributed by atoms with Crippen molar-refractivity contribution in [1.82, 2.24) is 0 Å². The molecule has 0 aromatic carbocycles. The van der Waals surface area contributed by atoms with Gasteiger partial charge in [-0.3, -0.25) is 4.57 Å². The molecule has 1 unspecified atom stereocenters. The summed E-state index contributed by atoms with van der Waals surface area (Å²) in [4.78, 5) is 9.64. The maximum atomic E-state index is 11.7. The number of aliphatic hydroxyl groups is 1. The fourth-order valence-corrected chi connectivity index (χ4v) is 4.17. The molecule has 0 bridgehead atoms. The molecule has 1 aliphatic rings. The summed E-state index contributed by atoms with van der Waals surface area (Å²) in [5, 5.41) is 8.60. The molecule has 0 aromatic heterocycles. The molecule has 3 nitrogen and oxygen atoms in total. The second kappa shape index (κ2) is 5.89. The SMILES string of the molecule is O=P(O)(CCCO)CC1CCCCC1. The zero-order valence-corrected chi connectivity index (χ0v) is 9.59. The molecule has 1 saturated carbocycles. The molecule has 0 aliphatic heterocycles. The Morgan fingerprint density at radius 3 is 2.43 bits per heavy atom. The van der Waals surface area contributed by atoms with Crippen LogP contribution >= 0.6 is 7.37 Å². The molecular formula is C10H21O3P. The summed E-state index contributed by atoms with van der Waals surface area (Å²) in [7, 11) is -2.94. The molecule has 4 heteroatoms. The van der Waals surface area contributed by atoms with Crippen LogP contribution in [-0.2, 0) is 4.57 Å². The highest BCUT2D eigenvalue weighted by Gasteiger charge is 2.24. The first-order valence-electron chi connectivity index (χ1n) is 5.56. The van der Waals surface area contributed by atoms with Gasteiger partial charge in [-0.15, -0.1) is 0 Å². The third-order valence-electron chi connectivity index (χ3n) is 2.93. The van der Waals surface area contributed by atoms with Gasteiger partial charge in [-0.1, -0.05) is 19.3 Å². The fraction of sp³-hybridized carbons (Fsp3) is 1.00. The highest BCUT2D eigenvalue weighted by atomic mass is 31.2. The standard InChI is InChI=1S/C10H21O3P/c11-7-4-8-14(12,13)9-10-5-2-1-3-6-10/h10-11H,1-9H2,(H,12,13). The second-order valence-corrected chi connectivity index (χ2v) is 6.84. The summed E-state index contributed by atoms with van der Waals surface area (Å²) >= 11 is 0. The molecule has 0 spiro atoms. The van der Waals surface area contributed by atoms with E-state index in [1.807, 2.05) is 0 Å². The number of hydrogen-bond acceptors (Lipinski definition) is 2. The summed E-state index contributed by atoms with van der Waals surface area (Å²) in [6.45, 7) is 0.0230. The highest BCUT2D eigenvalue weighted by molar-refractivity contribution is 7.57. The summed E-state index contributed by atoms with van der Waals surface area (Å²) in [5.41, 5.74) is 0. The van der Waals surface area contributed by atoms with Crippen LogP contribution in [0.5, 0.6) is 0 Å². The second-order valence-electron chi connectivity index (χ2n) is 4.33. The monoisotopic (exact) mass is 220 g/mol. The van der Waals surface area contributed by atoms with Crippen LogP contribution in [0, 0.1) is 5.92 Å². The first kappa shape index (κ1) is 12.2. The fourth-order valence-electron chi connectivity index (χ4n) is 2.18. The van der Waals surface area contributed by atoms with Gasteiger partial charge in [0, 0.05) is 18.9 Å². The van der Waals surface area contributed by atoms with E-state index < -0.39 is 7.37 Å². The minimum Gasteiger partial charge on any atom is -0.396 e. The van der Waals surface area contributed by atoms with Crippen LogP contribution in [0.25, 0.3) is 0 Å². The maximum Gasteiger partial charge on any atom is 0.201 e. The van der Waals surface area contributed by atoms with Crippen molar-refractivity contribution in [3.63, 3.8) is 0 Å². The summed E-state index contributed by atoms with van der Waals surface area (Å²) in [6, 6.07) is 0. The van der Waals surface area contributed by atoms with E-state index in [-0.39, 0.29) is 6.61 Å². The van der Waals surface area contributed by atoms with E-state index in [2.05, 4.69) is 0 Å². The maximum absolute atomic E-state index is 11.7. The zero-order chi connectivity index (χ0) is 10.4. The van der Waals surface area contributed by atoms with Crippen LogP contribution in [0.15, 0.2) is 0 Å². The number of rotatable bonds is 5. The van der Waals surface area contributed by atoms with Gasteiger partial charge in [0.25, 0.3) is 0 Å². The third kappa shape index (κ3) is 4.59. The molecule has 2 N–H and O–H groups in total. The highest BCUT2D eigenvalue weighted by Crippen LogP contribution is 2.45. The lowest BCUT2D eigenvalue weighted by molar-refractivity contribution is 0.293. The summed E-state index contributed by atoms with van der Waals surface area (Å²) in [6.07, 6.45) is 7.17. The predicted molar refractivity (Wildman–Crippen MR) is 57.8 cm³/mol. The van der Waals surface area contributed by atoms with Crippen molar-refractivity contribution in [3.05, 3.63) is 0 Å². The Labute approximate surface area is 86.0 Å². The zero-order valence-electron chi connectivity index (χ0n) is 8.69. The van der Waals surface area contributed by atoms with Gasteiger partial charge in [0.2, 0.25) is 7.37 Å². The van der Waals surface area contributed by atoms with Gasteiger partial charge in [0.15, 0.2) is 0 Å². The summed E-state index contributed by atoms with van der Waals surface area (Å²) in [5.74, 6) is 0.457. The average Bonchev–Trinajstić information content (AvgIpc) is 2.16. The number of aliphatic hydroxyl groups excluding tert-OH is 1. The first-order chi connectivity index (χ1) is 6.64. The van der Waals surface area contributed by atoms with Crippen LogP contribution in [-0.4, -0.2) is 28.9 Å². The molecule has 1 aliphatic carbocycles. The quantitative estimate of drug-likeness (QED) is 0.698. The van der Waals surface area contributed by atoms with Crippen molar-refractivity contribution < 1.29 is 14.6 Å². The Bertz CT molecular complexity index is 200. The third-order valence-corrected chi connectivity index (χ3v) is 5.04. The van der Waals surface area contributed by atoms with Gasteiger partial charge in [0.1, 0.15) is 0 Å². The van der Waals surface area contributed by atoms with E-state index in [1.54, 1.807) is 0 Å². The van der Waals surface area contributed by atoms with Crippen molar-refractivity contribution in [1.29, 1.82) is 0 Å².